The van der Waals surface area contributed by atoms with Gasteiger partial charge < -0.3 is 26.1 Å². The standard InChI is InChI=1S/C24H29N7O9S2/c1-13-16(22(33)31(13)42(36,37)38)9-19(32)21(17-12-41-24(26)27-17)28-40-20(23(34)35)11-39-15-4-5-18-14(8-15)10-29(2)30(18)7-3-6-25/h4-5,8,10,12-13,16,20H,3,6-7,9,11,25H2,1-2H3,(H3-,26,27,34,35,36,37,38)/p+1/b28-21-/t13-,16-,20-/m0/s1. The molecule has 0 unspecified atom stereocenters. The number of Topliss-reactive ketones (excluding diaryl/α,β-unsaturated/α-hetero) is 1. The van der Waals surface area contributed by atoms with E-state index in [4.69, 9.17) is 21.0 Å². The quantitative estimate of drug-likeness (QED) is 0.0596. The number of nitrogens with zero attached hydrogens (tertiary/aromatic N) is 5. The van der Waals surface area contributed by atoms with Crippen molar-refractivity contribution in [1.82, 2.24) is 14.0 Å². The molecule has 226 valence electrons. The van der Waals surface area contributed by atoms with E-state index in [1.807, 2.05) is 28.7 Å². The molecule has 0 bridgehead atoms. The topological polar surface area (TPSA) is 234 Å². The van der Waals surface area contributed by atoms with Crippen LogP contribution in [-0.2, 0) is 43.1 Å². The largest absolute Gasteiger partial charge is 0.489 e. The van der Waals surface area contributed by atoms with Gasteiger partial charge in [0.2, 0.25) is 12.1 Å². The maximum atomic E-state index is 13.1. The maximum Gasteiger partial charge on any atom is 0.362 e. The van der Waals surface area contributed by atoms with Crippen molar-refractivity contribution in [3.05, 3.63) is 35.5 Å². The number of ether oxygens (including phenoxy) is 1. The fourth-order valence-electron chi connectivity index (χ4n) is 4.52. The van der Waals surface area contributed by atoms with Gasteiger partial charge in [-0.25, -0.2) is 14.1 Å². The average molecular weight is 625 g/mol. The first kappa shape index (κ1) is 30.8. The molecule has 0 radical (unpaired) electrons. The SMILES string of the molecule is C[C@H]1[C@H](CC(=O)/C(=N\O[C@@H](COc2ccc3c(c2)c[n+](C)n3CCCN)C(=O)O)c2csc(N)n2)C(=O)N1S(=O)(=O)O. The van der Waals surface area contributed by atoms with Crippen molar-refractivity contribution in [2.75, 3.05) is 18.9 Å². The lowest BCUT2D eigenvalue weighted by Crippen LogP contribution is -2.62. The van der Waals surface area contributed by atoms with Crippen LogP contribution in [0.5, 0.6) is 5.75 Å². The first-order valence-electron chi connectivity index (χ1n) is 12.7. The number of aromatic nitrogens is 3. The fourth-order valence-corrected chi connectivity index (χ4v) is 6.00. The Labute approximate surface area is 244 Å². The van der Waals surface area contributed by atoms with Gasteiger partial charge in [0.1, 0.15) is 23.6 Å². The molecule has 6 N–H and O–H groups in total. The normalized spacial score (nSPS) is 18.1. The number of carboxylic acids is 1. The third kappa shape index (κ3) is 6.51. The Bertz CT molecular complexity index is 1650. The molecule has 42 heavy (non-hydrogen) atoms. The Kier molecular flexibility index (Phi) is 9.09. The predicted octanol–water partition coefficient (Wildman–Crippen LogP) is -0.285. The number of aliphatic carboxylic acids is 1. The summed E-state index contributed by atoms with van der Waals surface area (Å²) < 4.78 is 41.9. The van der Waals surface area contributed by atoms with Crippen molar-refractivity contribution in [3.8, 4) is 5.75 Å². The Morgan fingerprint density at radius 2 is 2.07 bits per heavy atom. The van der Waals surface area contributed by atoms with E-state index in [-0.39, 0.29) is 15.1 Å². The summed E-state index contributed by atoms with van der Waals surface area (Å²) in [6.45, 7) is 2.16. The molecule has 3 heterocycles. The summed E-state index contributed by atoms with van der Waals surface area (Å²) in [6, 6.07) is 4.28. The van der Waals surface area contributed by atoms with Crippen molar-refractivity contribution >= 4 is 61.0 Å². The maximum absolute atomic E-state index is 13.1. The van der Waals surface area contributed by atoms with Crippen LogP contribution >= 0.6 is 11.3 Å². The number of fused-ring (bicyclic) bond motifs is 1. The molecule has 0 saturated carbocycles. The number of rotatable bonds is 14. The summed E-state index contributed by atoms with van der Waals surface area (Å²) in [4.78, 5) is 46.5. The lowest BCUT2D eigenvalue weighted by atomic mass is 9.86. The number of amides is 1. The van der Waals surface area contributed by atoms with E-state index in [9.17, 15) is 32.5 Å². The number of anilines is 1. The Morgan fingerprint density at radius 1 is 1.33 bits per heavy atom. The highest BCUT2D eigenvalue weighted by Crippen LogP contribution is 2.32. The smallest absolute Gasteiger partial charge is 0.362 e. The van der Waals surface area contributed by atoms with E-state index in [1.165, 1.54) is 12.3 Å². The number of nitrogen functional groups attached to an aromatic ring is 1. The van der Waals surface area contributed by atoms with Crippen LogP contribution in [0, 0.1) is 5.92 Å². The monoisotopic (exact) mass is 624 g/mol. The first-order valence-corrected chi connectivity index (χ1v) is 14.9. The number of oxime groups is 1. The van der Waals surface area contributed by atoms with E-state index >= 15 is 0 Å². The first-order chi connectivity index (χ1) is 19.8. The number of carbonyl (C=O) groups is 3. The molecular formula is C24H30N7O9S2+. The molecule has 3 atom stereocenters. The number of thiazole rings is 1. The van der Waals surface area contributed by atoms with Crippen molar-refractivity contribution in [3.63, 3.8) is 0 Å². The molecule has 1 aliphatic heterocycles. The molecule has 2 aromatic heterocycles. The summed E-state index contributed by atoms with van der Waals surface area (Å²) in [7, 11) is -2.88. The predicted molar refractivity (Wildman–Crippen MR) is 149 cm³/mol. The highest BCUT2D eigenvalue weighted by molar-refractivity contribution is 7.84. The number of benzene rings is 1. The number of ketones is 1. The van der Waals surface area contributed by atoms with E-state index in [0.29, 0.717) is 12.3 Å². The number of carboxylic acid groups (broad SMARTS) is 1. The fraction of sp³-hybridized carbons (Fsp3) is 0.417. The van der Waals surface area contributed by atoms with E-state index in [2.05, 4.69) is 10.1 Å². The van der Waals surface area contributed by atoms with Gasteiger partial charge in [-0.05, 0) is 38.1 Å². The van der Waals surface area contributed by atoms with Gasteiger partial charge in [0.25, 0.3) is 6.10 Å². The van der Waals surface area contributed by atoms with Crippen LogP contribution in [0.15, 0.2) is 34.9 Å². The lowest BCUT2D eigenvalue weighted by Gasteiger charge is -2.41. The summed E-state index contributed by atoms with van der Waals surface area (Å²) >= 11 is 0.989. The number of hydrogen-bond acceptors (Lipinski definition) is 12. The molecule has 0 spiro atoms. The minimum atomic E-state index is -4.78. The second-order valence-electron chi connectivity index (χ2n) is 9.53. The van der Waals surface area contributed by atoms with E-state index in [0.717, 1.165) is 35.2 Å². The third-order valence-electron chi connectivity index (χ3n) is 6.68. The number of hydrogen-bond donors (Lipinski definition) is 4. The zero-order chi connectivity index (χ0) is 30.8. The summed E-state index contributed by atoms with van der Waals surface area (Å²) in [5.41, 5.74) is 11.8. The van der Waals surface area contributed by atoms with Crippen molar-refractivity contribution < 1.29 is 46.7 Å². The second-order valence-corrected chi connectivity index (χ2v) is 11.7. The molecule has 4 rings (SSSR count). The van der Waals surface area contributed by atoms with Crippen LogP contribution in [0.2, 0.25) is 0 Å². The second kappa shape index (κ2) is 12.4. The van der Waals surface area contributed by atoms with E-state index < -0.39 is 64.8 Å². The molecule has 16 nitrogen and oxygen atoms in total. The highest BCUT2D eigenvalue weighted by Gasteiger charge is 2.51. The molecule has 18 heteroatoms. The molecule has 1 fully saturated rings. The minimum absolute atomic E-state index is 0.0175. The summed E-state index contributed by atoms with van der Waals surface area (Å²) in [5.74, 6) is -3.85. The van der Waals surface area contributed by atoms with Crippen LogP contribution in [0.25, 0.3) is 10.9 Å². The molecule has 0 aliphatic carbocycles. The van der Waals surface area contributed by atoms with Gasteiger partial charge in [0.05, 0.1) is 23.9 Å². The van der Waals surface area contributed by atoms with Gasteiger partial charge in [0, 0.05) is 11.8 Å². The van der Waals surface area contributed by atoms with Crippen molar-refractivity contribution in [2.24, 2.45) is 23.9 Å². The average Bonchev–Trinajstić information content (AvgIpc) is 3.48. The third-order valence-corrected chi connectivity index (χ3v) is 8.36. The van der Waals surface area contributed by atoms with Crippen LogP contribution in [0.3, 0.4) is 0 Å². The van der Waals surface area contributed by atoms with Gasteiger partial charge in [-0.1, -0.05) is 5.16 Å². The number of carbonyl (C=O) groups excluding carboxylic acids is 2. The summed E-state index contributed by atoms with van der Waals surface area (Å²) in [5, 5.41) is 15.8. The molecule has 1 aliphatic rings. The minimum Gasteiger partial charge on any atom is -0.489 e. The van der Waals surface area contributed by atoms with E-state index in [1.54, 1.807) is 12.1 Å². The van der Waals surface area contributed by atoms with Crippen LogP contribution < -0.4 is 20.9 Å². The number of nitrogens with two attached hydrogens (primary N) is 2. The zero-order valence-corrected chi connectivity index (χ0v) is 24.2. The zero-order valence-electron chi connectivity index (χ0n) is 22.6. The highest BCUT2D eigenvalue weighted by atomic mass is 32.2. The number of β-lactam (4-membered cyclic amide) rings is 1. The molecule has 1 saturated heterocycles. The Hall–Kier alpha value is -4.13. The number of aryl methyl sites for hydroxylation is 2. The molecular weight excluding hydrogens is 594 g/mol. The van der Waals surface area contributed by atoms with Crippen molar-refractivity contribution in [1.29, 1.82) is 0 Å². The lowest BCUT2D eigenvalue weighted by molar-refractivity contribution is -0.751. The Morgan fingerprint density at radius 3 is 2.67 bits per heavy atom. The van der Waals surface area contributed by atoms with Gasteiger partial charge in [0.15, 0.2) is 23.7 Å². The van der Waals surface area contributed by atoms with Crippen LogP contribution in [0.4, 0.5) is 5.13 Å². The van der Waals surface area contributed by atoms with Gasteiger partial charge >= 0.3 is 16.3 Å². The molecule has 3 aromatic rings. The van der Waals surface area contributed by atoms with Crippen LogP contribution in [0.1, 0.15) is 25.5 Å². The molecule has 1 aromatic carbocycles. The van der Waals surface area contributed by atoms with Crippen molar-refractivity contribution in [2.45, 2.75) is 38.5 Å². The van der Waals surface area contributed by atoms with Gasteiger partial charge in [-0.3, -0.25) is 14.1 Å². The molecule has 1 amide bonds. The Balaban J connectivity index is 1.49. The summed E-state index contributed by atoms with van der Waals surface area (Å²) in [6.07, 6.45) is 0.561. The van der Waals surface area contributed by atoms with Gasteiger partial charge in [-0.2, -0.15) is 13.1 Å². The van der Waals surface area contributed by atoms with Gasteiger partial charge in [-0.15, -0.1) is 16.0 Å². The van der Waals surface area contributed by atoms with Crippen LogP contribution in [-0.4, -0.2) is 80.7 Å².